The lowest BCUT2D eigenvalue weighted by Crippen LogP contribution is -2.15. The minimum absolute atomic E-state index is 0.217. The van der Waals surface area contributed by atoms with Crippen molar-refractivity contribution < 1.29 is 9.59 Å². The number of benzene rings is 3. The van der Waals surface area contributed by atoms with Gasteiger partial charge in [-0.3, -0.25) is 14.7 Å². The number of H-pyrrole nitrogens is 1. The molecule has 0 saturated heterocycles. The van der Waals surface area contributed by atoms with Crippen LogP contribution >= 0.6 is 34.8 Å². The summed E-state index contributed by atoms with van der Waals surface area (Å²) in [6.07, 6.45) is 0. The summed E-state index contributed by atoms with van der Waals surface area (Å²) in [6.45, 7) is 0. The van der Waals surface area contributed by atoms with Crippen molar-refractivity contribution in [3.05, 3.63) is 105 Å². The smallest absolute Gasteiger partial charge is 0.273 e. The number of amides is 1. The van der Waals surface area contributed by atoms with Gasteiger partial charge in [-0.05, 0) is 36.4 Å². The Balaban J connectivity index is 1.60. The molecule has 0 bridgehead atoms. The zero-order valence-electron chi connectivity index (χ0n) is 15.8. The van der Waals surface area contributed by atoms with Crippen molar-refractivity contribution in [3.8, 4) is 11.3 Å². The van der Waals surface area contributed by atoms with Crippen molar-refractivity contribution in [2.75, 3.05) is 5.32 Å². The molecule has 154 valence electrons. The van der Waals surface area contributed by atoms with Crippen LogP contribution in [0.5, 0.6) is 0 Å². The summed E-state index contributed by atoms with van der Waals surface area (Å²) in [7, 11) is 0. The zero-order chi connectivity index (χ0) is 22.0. The standard InChI is InChI=1S/C23H14Cl3N3O2/c24-15-7-9-19(16(11-15)22(30)13-4-2-1-3-5-13)27-23(31)21-12-20(28-29-21)14-6-8-17(25)18(26)10-14/h1-12H,(H,27,31)(H,28,29). The number of rotatable bonds is 5. The third-order valence-corrected chi connectivity index (χ3v) is 5.52. The van der Waals surface area contributed by atoms with Crippen molar-refractivity contribution in [1.82, 2.24) is 10.2 Å². The van der Waals surface area contributed by atoms with Gasteiger partial charge >= 0.3 is 0 Å². The maximum absolute atomic E-state index is 12.9. The number of anilines is 1. The lowest BCUT2D eigenvalue weighted by Gasteiger charge is -2.10. The Morgan fingerprint density at radius 3 is 2.35 bits per heavy atom. The fourth-order valence-electron chi connectivity index (χ4n) is 2.99. The van der Waals surface area contributed by atoms with Gasteiger partial charge < -0.3 is 5.32 Å². The largest absolute Gasteiger partial charge is 0.320 e. The molecule has 5 nitrogen and oxygen atoms in total. The predicted octanol–water partition coefficient (Wildman–Crippen LogP) is 6.52. The Kier molecular flexibility index (Phi) is 6.09. The SMILES string of the molecule is O=C(Nc1ccc(Cl)cc1C(=O)c1ccccc1)c1cc(-c2ccc(Cl)c(Cl)c2)n[nH]1. The van der Waals surface area contributed by atoms with Crippen molar-refractivity contribution in [1.29, 1.82) is 0 Å². The van der Waals surface area contributed by atoms with Crippen LogP contribution in [0.25, 0.3) is 11.3 Å². The van der Waals surface area contributed by atoms with Gasteiger partial charge in [0.1, 0.15) is 5.69 Å². The second-order valence-corrected chi connectivity index (χ2v) is 7.89. The second kappa shape index (κ2) is 8.94. The molecule has 0 aliphatic heterocycles. The van der Waals surface area contributed by atoms with E-state index >= 15 is 0 Å². The predicted molar refractivity (Wildman–Crippen MR) is 123 cm³/mol. The first-order chi connectivity index (χ1) is 14.9. The number of nitrogens with zero attached hydrogens (tertiary/aromatic N) is 1. The maximum atomic E-state index is 12.9. The van der Waals surface area contributed by atoms with Crippen LogP contribution in [-0.2, 0) is 0 Å². The van der Waals surface area contributed by atoms with E-state index < -0.39 is 5.91 Å². The van der Waals surface area contributed by atoms with Gasteiger partial charge in [-0.25, -0.2) is 0 Å². The van der Waals surface area contributed by atoms with Gasteiger partial charge in [0, 0.05) is 21.7 Å². The minimum atomic E-state index is -0.455. The highest BCUT2D eigenvalue weighted by Gasteiger charge is 2.18. The fraction of sp³-hybridized carbons (Fsp3) is 0. The minimum Gasteiger partial charge on any atom is -0.320 e. The summed E-state index contributed by atoms with van der Waals surface area (Å²) < 4.78 is 0. The molecule has 1 amide bonds. The number of carbonyl (C=O) groups is 2. The Morgan fingerprint density at radius 1 is 0.839 bits per heavy atom. The number of aromatic nitrogens is 2. The molecule has 4 rings (SSSR count). The van der Waals surface area contributed by atoms with Gasteiger partial charge in [-0.2, -0.15) is 5.10 Å². The van der Waals surface area contributed by atoms with Gasteiger partial charge in [0.05, 0.1) is 21.4 Å². The molecule has 1 aromatic heterocycles. The molecule has 0 spiro atoms. The van der Waals surface area contributed by atoms with E-state index in [2.05, 4.69) is 15.5 Å². The first-order valence-electron chi connectivity index (χ1n) is 9.14. The number of hydrogen-bond acceptors (Lipinski definition) is 3. The third-order valence-electron chi connectivity index (χ3n) is 4.55. The van der Waals surface area contributed by atoms with Gasteiger partial charge in [0.25, 0.3) is 5.91 Å². The Morgan fingerprint density at radius 2 is 1.61 bits per heavy atom. The Labute approximate surface area is 193 Å². The number of hydrogen-bond donors (Lipinski definition) is 2. The number of aromatic amines is 1. The molecule has 0 aliphatic rings. The van der Waals surface area contributed by atoms with Gasteiger partial charge in [-0.1, -0.05) is 71.2 Å². The molecule has 4 aromatic rings. The van der Waals surface area contributed by atoms with E-state index in [9.17, 15) is 9.59 Å². The van der Waals surface area contributed by atoms with Crippen molar-refractivity contribution in [2.45, 2.75) is 0 Å². The van der Waals surface area contributed by atoms with Crippen LogP contribution in [0.1, 0.15) is 26.4 Å². The molecular weight excluding hydrogens is 457 g/mol. The monoisotopic (exact) mass is 469 g/mol. The Hall–Kier alpha value is -3.12. The molecular formula is C23H14Cl3N3O2. The van der Waals surface area contributed by atoms with E-state index in [0.717, 1.165) is 0 Å². The zero-order valence-corrected chi connectivity index (χ0v) is 18.1. The highest BCUT2D eigenvalue weighted by molar-refractivity contribution is 6.42. The van der Waals surface area contributed by atoms with Crippen LogP contribution in [0.3, 0.4) is 0 Å². The third kappa shape index (κ3) is 4.64. The highest BCUT2D eigenvalue weighted by atomic mass is 35.5. The van der Waals surface area contributed by atoms with Crippen molar-refractivity contribution in [3.63, 3.8) is 0 Å². The molecule has 1 heterocycles. The summed E-state index contributed by atoms with van der Waals surface area (Å²) in [5.74, 6) is -0.706. The molecule has 0 aliphatic carbocycles. The summed E-state index contributed by atoms with van der Waals surface area (Å²) in [5.41, 5.74) is 2.57. The van der Waals surface area contributed by atoms with Crippen LogP contribution in [0, 0.1) is 0 Å². The molecule has 0 fully saturated rings. The number of halogens is 3. The first-order valence-corrected chi connectivity index (χ1v) is 10.3. The molecule has 0 atom stereocenters. The van der Waals surface area contributed by atoms with E-state index in [1.54, 1.807) is 60.7 Å². The summed E-state index contributed by atoms with van der Waals surface area (Å²) >= 11 is 18.1. The van der Waals surface area contributed by atoms with Crippen molar-refractivity contribution in [2.24, 2.45) is 0 Å². The van der Waals surface area contributed by atoms with Crippen molar-refractivity contribution >= 4 is 52.2 Å². The van der Waals surface area contributed by atoms with E-state index in [0.29, 0.717) is 37.6 Å². The van der Waals surface area contributed by atoms with Crippen LogP contribution in [0.4, 0.5) is 5.69 Å². The lowest BCUT2D eigenvalue weighted by atomic mass is 10.0. The number of carbonyl (C=O) groups excluding carboxylic acids is 2. The molecule has 8 heteroatoms. The fourth-order valence-corrected chi connectivity index (χ4v) is 3.46. The highest BCUT2D eigenvalue weighted by Crippen LogP contribution is 2.28. The Bertz CT molecular complexity index is 1290. The van der Waals surface area contributed by atoms with E-state index in [1.165, 1.54) is 6.07 Å². The maximum Gasteiger partial charge on any atom is 0.273 e. The van der Waals surface area contributed by atoms with Crippen LogP contribution in [0.2, 0.25) is 15.1 Å². The van der Waals surface area contributed by atoms with E-state index in [4.69, 9.17) is 34.8 Å². The molecule has 3 aromatic carbocycles. The summed E-state index contributed by atoms with van der Waals surface area (Å²) in [5, 5.41) is 10.8. The topological polar surface area (TPSA) is 74.8 Å². The molecule has 31 heavy (non-hydrogen) atoms. The van der Waals surface area contributed by atoms with Gasteiger partial charge in [-0.15, -0.1) is 0 Å². The second-order valence-electron chi connectivity index (χ2n) is 6.63. The van der Waals surface area contributed by atoms with Gasteiger partial charge in [0.2, 0.25) is 0 Å². The van der Waals surface area contributed by atoms with Crippen LogP contribution < -0.4 is 5.32 Å². The number of ketones is 1. The average molecular weight is 471 g/mol. The van der Waals surface area contributed by atoms with Crippen LogP contribution in [-0.4, -0.2) is 21.9 Å². The summed E-state index contributed by atoms with van der Waals surface area (Å²) in [6, 6.07) is 20.1. The molecule has 0 unspecified atom stereocenters. The normalized spacial score (nSPS) is 10.7. The lowest BCUT2D eigenvalue weighted by molar-refractivity contribution is 0.102. The molecule has 0 saturated carbocycles. The molecule has 0 radical (unpaired) electrons. The van der Waals surface area contributed by atoms with Gasteiger partial charge in [0.15, 0.2) is 5.78 Å². The molecule has 2 N–H and O–H groups in total. The summed E-state index contributed by atoms with van der Waals surface area (Å²) in [4.78, 5) is 25.7. The first kappa shape index (κ1) is 21.1. The van der Waals surface area contributed by atoms with E-state index in [-0.39, 0.29) is 17.0 Å². The average Bonchev–Trinajstić information content (AvgIpc) is 3.27. The number of nitrogens with one attached hydrogen (secondary N) is 2. The van der Waals surface area contributed by atoms with Crippen LogP contribution in [0.15, 0.2) is 72.8 Å². The van der Waals surface area contributed by atoms with E-state index in [1.807, 2.05) is 6.07 Å². The quantitative estimate of drug-likeness (QED) is 0.326.